The summed E-state index contributed by atoms with van der Waals surface area (Å²) in [7, 11) is 3.37. The lowest BCUT2D eigenvalue weighted by atomic mass is 10.1. The van der Waals surface area contributed by atoms with Crippen molar-refractivity contribution in [3.8, 4) is 0 Å². The molecule has 7 nitrogen and oxygen atoms in total. The van der Waals surface area contributed by atoms with Crippen molar-refractivity contribution in [2.45, 2.75) is 0 Å². The summed E-state index contributed by atoms with van der Waals surface area (Å²) in [6.07, 6.45) is 0. The minimum atomic E-state index is -0.577. The molecule has 6 N–H and O–H groups in total. The fraction of sp³-hybridized carbons (Fsp3) is 0.333. The van der Waals surface area contributed by atoms with Crippen molar-refractivity contribution in [3.05, 3.63) is 23.8 Å². The van der Waals surface area contributed by atoms with Crippen molar-refractivity contribution < 1.29 is 9.59 Å². The number of nitrogens with one attached hydrogen (secondary N) is 2. The molecule has 19 heavy (non-hydrogen) atoms. The summed E-state index contributed by atoms with van der Waals surface area (Å²) >= 11 is 0. The summed E-state index contributed by atoms with van der Waals surface area (Å²) in [6, 6.07) is 4.44. The van der Waals surface area contributed by atoms with Gasteiger partial charge in [-0.15, -0.1) is 0 Å². The molecule has 0 radical (unpaired) electrons. The van der Waals surface area contributed by atoms with Crippen LogP contribution in [0.5, 0.6) is 0 Å². The van der Waals surface area contributed by atoms with Crippen LogP contribution in [0.25, 0.3) is 0 Å². The quantitative estimate of drug-likeness (QED) is 0.445. The largest absolute Gasteiger partial charge is 0.397 e. The Bertz CT molecular complexity index is 473. The second kappa shape index (κ2) is 6.48. The Hall–Kier alpha value is -2.44. The molecule has 0 spiro atoms. The van der Waals surface area contributed by atoms with Gasteiger partial charge in [0.1, 0.15) is 0 Å². The summed E-state index contributed by atoms with van der Waals surface area (Å²) in [6.45, 7) is 0.841. The first-order chi connectivity index (χ1) is 8.91. The third-order valence-electron chi connectivity index (χ3n) is 2.45. The van der Waals surface area contributed by atoms with Gasteiger partial charge in [-0.05, 0) is 18.2 Å². The van der Waals surface area contributed by atoms with Gasteiger partial charge in [0, 0.05) is 32.7 Å². The number of nitrogens with zero attached hydrogens (tertiary/aromatic N) is 1. The molecule has 1 aromatic rings. The van der Waals surface area contributed by atoms with Gasteiger partial charge >= 0.3 is 6.03 Å². The highest BCUT2D eigenvalue weighted by Gasteiger charge is 2.09. The molecule has 0 aliphatic heterocycles. The van der Waals surface area contributed by atoms with E-state index in [1.807, 2.05) is 0 Å². The first-order valence-corrected chi connectivity index (χ1v) is 5.80. The van der Waals surface area contributed by atoms with Crippen molar-refractivity contribution >= 4 is 23.3 Å². The lowest BCUT2D eigenvalue weighted by Crippen LogP contribution is -2.33. The number of urea groups is 1. The van der Waals surface area contributed by atoms with Crippen LogP contribution in [-0.4, -0.2) is 44.0 Å². The first-order valence-electron chi connectivity index (χ1n) is 5.80. The zero-order valence-electron chi connectivity index (χ0n) is 11.1. The SMILES string of the molecule is CN(C)C(=O)c1ccc(N)c(NCCNC(N)=O)c1. The Labute approximate surface area is 111 Å². The number of carbonyl (C=O) groups excluding carboxylic acids is 2. The number of carbonyl (C=O) groups is 2. The molecular weight excluding hydrogens is 246 g/mol. The standard InChI is InChI=1S/C12H19N5O2/c1-17(2)11(18)8-3-4-9(13)10(7-8)15-5-6-16-12(14)19/h3-4,7,15H,5-6,13H2,1-2H3,(H3,14,16,19). The van der Waals surface area contributed by atoms with Crippen LogP contribution in [0.1, 0.15) is 10.4 Å². The highest BCUT2D eigenvalue weighted by atomic mass is 16.2. The second-order valence-electron chi connectivity index (χ2n) is 4.22. The maximum atomic E-state index is 11.8. The van der Waals surface area contributed by atoms with Crippen molar-refractivity contribution in [2.75, 3.05) is 38.2 Å². The molecule has 1 rings (SSSR count). The Kier molecular flexibility index (Phi) is 4.99. The molecule has 0 aromatic heterocycles. The van der Waals surface area contributed by atoms with Crippen LogP contribution in [-0.2, 0) is 0 Å². The number of amides is 3. The van der Waals surface area contributed by atoms with Gasteiger partial charge in [0.25, 0.3) is 5.91 Å². The lowest BCUT2D eigenvalue weighted by molar-refractivity contribution is 0.0827. The molecule has 0 unspecified atom stereocenters. The van der Waals surface area contributed by atoms with Gasteiger partial charge in [0.2, 0.25) is 0 Å². The van der Waals surface area contributed by atoms with E-state index in [1.54, 1.807) is 32.3 Å². The molecule has 0 aliphatic carbocycles. The normalized spacial score (nSPS) is 9.79. The van der Waals surface area contributed by atoms with Crippen LogP contribution in [0.2, 0.25) is 0 Å². The smallest absolute Gasteiger partial charge is 0.312 e. The van der Waals surface area contributed by atoms with Crippen LogP contribution in [0.4, 0.5) is 16.2 Å². The van der Waals surface area contributed by atoms with E-state index in [9.17, 15) is 9.59 Å². The summed E-state index contributed by atoms with van der Waals surface area (Å²) in [5.41, 5.74) is 12.5. The van der Waals surface area contributed by atoms with Crippen LogP contribution < -0.4 is 22.1 Å². The number of rotatable bonds is 5. The van der Waals surface area contributed by atoms with Crippen molar-refractivity contribution in [2.24, 2.45) is 5.73 Å². The van der Waals surface area contributed by atoms with E-state index < -0.39 is 6.03 Å². The Morgan fingerprint density at radius 1 is 1.26 bits per heavy atom. The Morgan fingerprint density at radius 2 is 1.95 bits per heavy atom. The predicted octanol–water partition coefficient (Wildman–Crippen LogP) is 0.0508. The first kappa shape index (κ1) is 14.6. The number of nitrogens with two attached hydrogens (primary N) is 2. The minimum absolute atomic E-state index is 0.0988. The average Bonchev–Trinajstić information content (AvgIpc) is 2.35. The van der Waals surface area contributed by atoms with E-state index in [0.717, 1.165) is 0 Å². The monoisotopic (exact) mass is 265 g/mol. The van der Waals surface area contributed by atoms with Gasteiger partial charge in [-0.2, -0.15) is 0 Å². The molecule has 0 bridgehead atoms. The van der Waals surface area contributed by atoms with Crippen LogP contribution >= 0.6 is 0 Å². The van der Waals surface area contributed by atoms with Crippen LogP contribution in [0.3, 0.4) is 0 Å². The molecule has 1 aromatic carbocycles. The molecule has 0 saturated carbocycles. The van der Waals surface area contributed by atoms with E-state index in [1.165, 1.54) is 4.90 Å². The van der Waals surface area contributed by atoms with E-state index in [-0.39, 0.29) is 5.91 Å². The average molecular weight is 265 g/mol. The molecule has 0 saturated heterocycles. The minimum Gasteiger partial charge on any atom is -0.397 e. The number of anilines is 2. The topological polar surface area (TPSA) is 113 Å². The maximum absolute atomic E-state index is 11.8. The molecule has 0 aliphatic rings. The van der Waals surface area contributed by atoms with E-state index in [0.29, 0.717) is 30.0 Å². The molecule has 3 amide bonds. The maximum Gasteiger partial charge on any atom is 0.312 e. The Balaban J connectivity index is 2.69. The zero-order valence-corrected chi connectivity index (χ0v) is 11.1. The van der Waals surface area contributed by atoms with Gasteiger partial charge < -0.3 is 27.0 Å². The number of primary amides is 1. The zero-order chi connectivity index (χ0) is 14.4. The van der Waals surface area contributed by atoms with Crippen LogP contribution in [0.15, 0.2) is 18.2 Å². The lowest BCUT2D eigenvalue weighted by Gasteiger charge is -2.14. The summed E-state index contributed by atoms with van der Waals surface area (Å²) in [5.74, 6) is -0.0988. The highest BCUT2D eigenvalue weighted by Crippen LogP contribution is 2.20. The molecule has 0 heterocycles. The molecule has 7 heteroatoms. The van der Waals surface area contributed by atoms with Crippen molar-refractivity contribution in [1.82, 2.24) is 10.2 Å². The Morgan fingerprint density at radius 3 is 2.53 bits per heavy atom. The molecule has 0 atom stereocenters. The van der Waals surface area contributed by atoms with Crippen molar-refractivity contribution in [1.29, 1.82) is 0 Å². The van der Waals surface area contributed by atoms with Gasteiger partial charge in [-0.25, -0.2) is 4.79 Å². The highest BCUT2D eigenvalue weighted by molar-refractivity contribution is 5.95. The molecule has 104 valence electrons. The van der Waals surface area contributed by atoms with Crippen molar-refractivity contribution in [3.63, 3.8) is 0 Å². The summed E-state index contributed by atoms with van der Waals surface area (Å²) in [5, 5.41) is 5.49. The summed E-state index contributed by atoms with van der Waals surface area (Å²) < 4.78 is 0. The van der Waals surface area contributed by atoms with Gasteiger partial charge in [-0.3, -0.25) is 4.79 Å². The summed E-state index contributed by atoms with van der Waals surface area (Å²) in [4.78, 5) is 23.8. The third kappa shape index (κ3) is 4.38. The van der Waals surface area contributed by atoms with E-state index in [4.69, 9.17) is 11.5 Å². The number of nitrogen functional groups attached to an aromatic ring is 1. The number of benzene rings is 1. The van der Waals surface area contributed by atoms with E-state index >= 15 is 0 Å². The molecule has 0 fully saturated rings. The second-order valence-corrected chi connectivity index (χ2v) is 4.22. The van der Waals surface area contributed by atoms with Gasteiger partial charge in [0.15, 0.2) is 0 Å². The van der Waals surface area contributed by atoms with Crippen LogP contribution in [0, 0.1) is 0 Å². The third-order valence-corrected chi connectivity index (χ3v) is 2.45. The van der Waals surface area contributed by atoms with E-state index in [2.05, 4.69) is 10.6 Å². The predicted molar refractivity (Wildman–Crippen MR) is 74.9 cm³/mol. The number of hydrogen-bond donors (Lipinski definition) is 4. The fourth-order valence-corrected chi connectivity index (χ4v) is 1.48. The van der Waals surface area contributed by atoms with Gasteiger partial charge in [-0.1, -0.05) is 0 Å². The van der Waals surface area contributed by atoms with Gasteiger partial charge in [0.05, 0.1) is 11.4 Å². The number of hydrogen-bond acceptors (Lipinski definition) is 4. The molecular formula is C12H19N5O2. The fourth-order valence-electron chi connectivity index (χ4n) is 1.48.